The van der Waals surface area contributed by atoms with Gasteiger partial charge in [-0.1, -0.05) is 42.8 Å². The van der Waals surface area contributed by atoms with Crippen LogP contribution < -0.4 is 0 Å². The van der Waals surface area contributed by atoms with Crippen LogP contribution in [-0.4, -0.2) is 33.5 Å². The van der Waals surface area contributed by atoms with E-state index in [-0.39, 0.29) is 12.8 Å². The van der Waals surface area contributed by atoms with Gasteiger partial charge in [-0.15, -0.1) is 0 Å². The molecule has 3 unspecified atom stereocenters. The van der Waals surface area contributed by atoms with Crippen LogP contribution in [0.15, 0.2) is 24.3 Å². The van der Waals surface area contributed by atoms with E-state index in [0.29, 0.717) is 18.3 Å². The van der Waals surface area contributed by atoms with Crippen LogP contribution in [0.5, 0.6) is 0 Å². The molecule has 126 valence electrons. The average molecular weight is 318 g/mol. The fraction of sp³-hybridized carbons (Fsp3) is 0.526. The number of carboxylic acid groups (broad SMARTS) is 1. The van der Waals surface area contributed by atoms with Crippen LogP contribution in [0.3, 0.4) is 0 Å². The van der Waals surface area contributed by atoms with Crippen molar-refractivity contribution in [2.24, 2.45) is 5.92 Å². The zero-order chi connectivity index (χ0) is 17.0. The summed E-state index contributed by atoms with van der Waals surface area (Å²) in [6, 6.07) is 6.46. The molecule has 0 saturated carbocycles. The fourth-order valence-corrected chi connectivity index (χ4v) is 3.36. The quantitative estimate of drug-likeness (QED) is 0.722. The Bertz CT molecular complexity index is 579. The van der Waals surface area contributed by atoms with E-state index in [1.54, 1.807) is 0 Å². The first-order valence-electron chi connectivity index (χ1n) is 8.23. The first-order valence-corrected chi connectivity index (χ1v) is 8.23. The van der Waals surface area contributed by atoms with E-state index >= 15 is 0 Å². The van der Waals surface area contributed by atoms with Gasteiger partial charge in [-0.3, -0.25) is 4.79 Å². The minimum atomic E-state index is -1.04. The maximum absolute atomic E-state index is 10.6. The van der Waals surface area contributed by atoms with Gasteiger partial charge in [0, 0.05) is 0 Å². The number of allylic oxidation sites excluding steroid dienone is 1. The van der Waals surface area contributed by atoms with E-state index in [0.717, 1.165) is 6.42 Å². The van der Waals surface area contributed by atoms with Gasteiger partial charge in [-0.05, 0) is 49.1 Å². The Labute approximate surface area is 137 Å². The van der Waals surface area contributed by atoms with E-state index in [1.807, 2.05) is 0 Å². The highest BCUT2D eigenvalue weighted by Crippen LogP contribution is 2.38. The molecule has 2 rings (SSSR count). The van der Waals surface area contributed by atoms with E-state index in [1.165, 1.54) is 16.7 Å². The number of aliphatic carboxylic acids is 1. The van der Waals surface area contributed by atoms with Gasteiger partial charge in [0.2, 0.25) is 0 Å². The lowest BCUT2D eigenvalue weighted by molar-refractivity contribution is -0.139. The van der Waals surface area contributed by atoms with Crippen LogP contribution in [0.1, 0.15) is 55.2 Å². The second kappa shape index (κ2) is 7.75. The predicted molar refractivity (Wildman–Crippen MR) is 90.2 cm³/mol. The van der Waals surface area contributed by atoms with Crippen LogP contribution in [0.2, 0.25) is 0 Å². The molecule has 1 aromatic carbocycles. The van der Waals surface area contributed by atoms with Crippen molar-refractivity contribution in [1.29, 1.82) is 0 Å². The summed E-state index contributed by atoms with van der Waals surface area (Å²) in [6.45, 7) is 4.25. The topological polar surface area (TPSA) is 77.8 Å². The Balaban J connectivity index is 1.95. The highest BCUT2D eigenvalue weighted by Gasteiger charge is 2.24. The van der Waals surface area contributed by atoms with Gasteiger partial charge < -0.3 is 15.3 Å². The maximum atomic E-state index is 10.6. The molecule has 0 fully saturated rings. The summed E-state index contributed by atoms with van der Waals surface area (Å²) >= 11 is 0. The number of hydrogen-bond donors (Lipinski definition) is 3. The number of aliphatic hydroxyl groups is 2. The number of aryl methyl sites for hydroxylation is 1. The van der Waals surface area contributed by atoms with Crippen LogP contribution in [0.4, 0.5) is 0 Å². The molecule has 0 aromatic heterocycles. The lowest BCUT2D eigenvalue weighted by Gasteiger charge is -2.29. The molecule has 23 heavy (non-hydrogen) atoms. The van der Waals surface area contributed by atoms with Crippen molar-refractivity contribution in [3.63, 3.8) is 0 Å². The number of carbonyl (C=O) groups is 1. The largest absolute Gasteiger partial charge is 0.481 e. The zero-order valence-electron chi connectivity index (χ0n) is 13.8. The first-order chi connectivity index (χ1) is 10.9. The summed E-state index contributed by atoms with van der Waals surface area (Å²) in [5, 5.41) is 28.3. The SMILES string of the molecule is Cc1ccc2c(c1)C=CC(C)C2CC[C@@H](O)CC(O)CC(=O)O. The Morgan fingerprint density at radius 2 is 2.00 bits per heavy atom. The molecule has 0 aliphatic heterocycles. The Kier molecular flexibility index (Phi) is 5.97. The molecule has 1 aromatic rings. The van der Waals surface area contributed by atoms with E-state index in [4.69, 9.17) is 5.11 Å². The second-order valence-corrected chi connectivity index (χ2v) is 6.68. The lowest BCUT2D eigenvalue weighted by atomic mass is 9.77. The molecule has 4 heteroatoms. The van der Waals surface area contributed by atoms with Gasteiger partial charge >= 0.3 is 5.97 Å². The van der Waals surface area contributed by atoms with E-state index < -0.39 is 18.2 Å². The molecule has 3 N–H and O–H groups in total. The van der Waals surface area contributed by atoms with Crippen molar-refractivity contribution < 1.29 is 20.1 Å². The first kappa shape index (κ1) is 17.7. The molecule has 0 bridgehead atoms. The minimum absolute atomic E-state index is 0.115. The third-order valence-corrected chi connectivity index (χ3v) is 4.62. The maximum Gasteiger partial charge on any atom is 0.305 e. The van der Waals surface area contributed by atoms with Gasteiger partial charge in [0.25, 0.3) is 0 Å². The number of carboxylic acids is 1. The highest BCUT2D eigenvalue weighted by molar-refractivity contribution is 5.67. The molecular weight excluding hydrogens is 292 g/mol. The van der Waals surface area contributed by atoms with Gasteiger partial charge in [-0.2, -0.15) is 0 Å². The summed E-state index contributed by atoms with van der Waals surface area (Å²) in [6.07, 6.45) is 3.90. The van der Waals surface area contributed by atoms with Crippen molar-refractivity contribution in [3.05, 3.63) is 41.0 Å². The predicted octanol–water partition coefficient (Wildman–Crippen LogP) is 3.11. The third-order valence-electron chi connectivity index (χ3n) is 4.62. The molecule has 0 spiro atoms. The average Bonchev–Trinajstić information content (AvgIpc) is 2.45. The van der Waals surface area contributed by atoms with Gasteiger partial charge in [-0.25, -0.2) is 0 Å². The molecule has 4 nitrogen and oxygen atoms in total. The lowest BCUT2D eigenvalue weighted by Crippen LogP contribution is -2.22. The summed E-state index contributed by atoms with van der Waals surface area (Å²) in [4.78, 5) is 10.6. The monoisotopic (exact) mass is 318 g/mol. The summed E-state index contributed by atoms with van der Waals surface area (Å²) < 4.78 is 0. The molecular formula is C19H26O4. The molecule has 4 atom stereocenters. The smallest absolute Gasteiger partial charge is 0.305 e. The summed E-state index contributed by atoms with van der Waals surface area (Å²) in [5.41, 5.74) is 3.79. The van der Waals surface area contributed by atoms with Crippen LogP contribution in [0, 0.1) is 12.8 Å². The van der Waals surface area contributed by atoms with Crippen LogP contribution in [-0.2, 0) is 4.79 Å². The summed E-state index contributed by atoms with van der Waals surface area (Å²) in [5.74, 6) is -0.289. The Morgan fingerprint density at radius 3 is 2.70 bits per heavy atom. The third kappa shape index (κ3) is 4.91. The molecule has 1 aliphatic rings. The number of benzene rings is 1. The Hall–Kier alpha value is -1.65. The minimum Gasteiger partial charge on any atom is -0.481 e. The highest BCUT2D eigenvalue weighted by atomic mass is 16.4. The molecule has 0 amide bonds. The van der Waals surface area contributed by atoms with Crippen LogP contribution >= 0.6 is 0 Å². The second-order valence-electron chi connectivity index (χ2n) is 6.68. The molecule has 1 aliphatic carbocycles. The molecule has 0 heterocycles. The zero-order valence-corrected chi connectivity index (χ0v) is 13.8. The van der Waals surface area contributed by atoms with E-state index in [2.05, 4.69) is 44.2 Å². The van der Waals surface area contributed by atoms with Crippen molar-refractivity contribution in [3.8, 4) is 0 Å². The van der Waals surface area contributed by atoms with Gasteiger partial charge in [0.05, 0.1) is 18.6 Å². The normalized spacial score (nSPS) is 22.4. The number of aliphatic hydroxyl groups excluding tert-OH is 2. The van der Waals surface area contributed by atoms with Gasteiger partial charge in [0.15, 0.2) is 0 Å². The standard InChI is InChI=1S/C19H26O4/c1-12-3-7-18-14(9-12)5-4-13(2)17(18)8-6-15(20)10-16(21)11-19(22)23/h3-5,7,9,13,15-17,20-21H,6,8,10-11H2,1-2H3,(H,22,23)/t13?,15-,16?,17?/m1/s1. The fourth-order valence-electron chi connectivity index (χ4n) is 3.36. The van der Waals surface area contributed by atoms with Crippen molar-refractivity contribution in [1.82, 2.24) is 0 Å². The Morgan fingerprint density at radius 1 is 1.26 bits per heavy atom. The van der Waals surface area contributed by atoms with Crippen molar-refractivity contribution in [2.75, 3.05) is 0 Å². The van der Waals surface area contributed by atoms with E-state index in [9.17, 15) is 15.0 Å². The van der Waals surface area contributed by atoms with Crippen LogP contribution in [0.25, 0.3) is 6.08 Å². The number of rotatable bonds is 7. The van der Waals surface area contributed by atoms with Crippen molar-refractivity contribution >= 4 is 12.0 Å². The number of hydrogen-bond acceptors (Lipinski definition) is 3. The molecule has 0 radical (unpaired) electrons. The summed E-state index contributed by atoms with van der Waals surface area (Å²) in [7, 11) is 0. The molecule has 0 saturated heterocycles. The van der Waals surface area contributed by atoms with Crippen molar-refractivity contribution in [2.45, 2.75) is 57.7 Å². The number of fused-ring (bicyclic) bond motifs is 1. The van der Waals surface area contributed by atoms with Gasteiger partial charge in [0.1, 0.15) is 0 Å².